The first-order valence-corrected chi connectivity index (χ1v) is 8.60. The molecule has 21 heavy (non-hydrogen) atoms. The lowest BCUT2D eigenvalue weighted by Crippen LogP contribution is -2.05. The number of nitrogens with one attached hydrogen (secondary N) is 1. The first-order valence-electron chi connectivity index (χ1n) is 7.61. The molecule has 0 fully saturated rings. The number of hydrogen-bond donors (Lipinski definition) is 1. The van der Waals surface area contributed by atoms with Crippen LogP contribution in [0.5, 0.6) is 0 Å². The number of rotatable bonds is 7. The van der Waals surface area contributed by atoms with Gasteiger partial charge in [0.25, 0.3) is 0 Å². The summed E-state index contributed by atoms with van der Waals surface area (Å²) in [6.45, 7) is 7.38. The molecule has 0 radical (unpaired) electrons. The highest BCUT2D eigenvalue weighted by Gasteiger charge is 2.06. The molecule has 0 aliphatic carbocycles. The topological polar surface area (TPSA) is 37.8 Å². The van der Waals surface area contributed by atoms with Crippen LogP contribution in [-0.2, 0) is 6.42 Å². The maximum atomic E-state index is 4.65. The molecular weight excluding hydrogens is 278 g/mol. The number of anilines is 1. The van der Waals surface area contributed by atoms with E-state index in [1.165, 1.54) is 4.90 Å². The minimum Gasteiger partial charge on any atom is -0.370 e. The molecule has 0 saturated heterocycles. The van der Waals surface area contributed by atoms with E-state index in [1.54, 1.807) is 0 Å². The Morgan fingerprint density at radius 3 is 2.43 bits per heavy atom. The van der Waals surface area contributed by atoms with Gasteiger partial charge in [-0.15, -0.1) is 11.8 Å². The number of nitrogens with zero attached hydrogens (tertiary/aromatic N) is 2. The monoisotopic (exact) mass is 301 g/mol. The van der Waals surface area contributed by atoms with Gasteiger partial charge in [-0.1, -0.05) is 32.9 Å². The quantitative estimate of drug-likeness (QED) is 0.756. The molecule has 0 aliphatic rings. The number of benzene rings is 1. The molecule has 1 heterocycles. The van der Waals surface area contributed by atoms with E-state index < -0.39 is 0 Å². The molecule has 0 atom stereocenters. The molecule has 2 aromatic rings. The summed E-state index contributed by atoms with van der Waals surface area (Å²) < 4.78 is 0. The zero-order valence-corrected chi connectivity index (χ0v) is 13.8. The van der Waals surface area contributed by atoms with Gasteiger partial charge in [-0.2, -0.15) is 0 Å². The second-order valence-electron chi connectivity index (χ2n) is 4.81. The Morgan fingerprint density at radius 2 is 1.81 bits per heavy atom. The van der Waals surface area contributed by atoms with Gasteiger partial charge in [-0.3, -0.25) is 0 Å². The molecule has 1 N–H and O–H groups in total. The van der Waals surface area contributed by atoms with Gasteiger partial charge >= 0.3 is 0 Å². The highest BCUT2D eigenvalue weighted by Crippen LogP contribution is 2.23. The number of hydrogen-bond acceptors (Lipinski definition) is 4. The lowest BCUT2D eigenvalue weighted by atomic mass is 10.2. The second kappa shape index (κ2) is 8.03. The van der Waals surface area contributed by atoms with Crippen molar-refractivity contribution in [1.29, 1.82) is 0 Å². The van der Waals surface area contributed by atoms with Gasteiger partial charge in [0.05, 0.1) is 0 Å². The average Bonchev–Trinajstić information content (AvgIpc) is 2.53. The Bertz CT molecular complexity index is 567. The fourth-order valence-electron chi connectivity index (χ4n) is 2.02. The zero-order valence-electron chi connectivity index (χ0n) is 13.0. The first kappa shape index (κ1) is 15.8. The van der Waals surface area contributed by atoms with E-state index in [2.05, 4.69) is 60.3 Å². The Kier molecular flexibility index (Phi) is 6.05. The molecule has 0 bridgehead atoms. The first-order chi connectivity index (χ1) is 10.3. The zero-order chi connectivity index (χ0) is 15.1. The highest BCUT2D eigenvalue weighted by atomic mass is 32.2. The molecule has 0 saturated carbocycles. The second-order valence-corrected chi connectivity index (χ2v) is 6.14. The van der Waals surface area contributed by atoms with Gasteiger partial charge in [-0.05, 0) is 30.7 Å². The summed E-state index contributed by atoms with van der Waals surface area (Å²) >= 11 is 1.85. The largest absolute Gasteiger partial charge is 0.370 e. The Labute approximate surface area is 131 Å². The summed E-state index contributed by atoms with van der Waals surface area (Å²) in [5.41, 5.74) is 2.15. The van der Waals surface area contributed by atoms with Gasteiger partial charge in [0, 0.05) is 28.8 Å². The minimum atomic E-state index is 0.806. The number of thioether (sulfide) groups is 1. The van der Waals surface area contributed by atoms with Gasteiger partial charge in [-0.25, -0.2) is 9.97 Å². The molecule has 2 rings (SSSR count). The molecule has 0 unspecified atom stereocenters. The van der Waals surface area contributed by atoms with Crippen molar-refractivity contribution in [3.05, 3.63) is 36.0 Å². The van der Waals surface area contributed by atoms with E-state index >= 15 is 0 Å². The van der Waals surface area contributed by atoms with E-state index in [9.17, 15) is 0 Å². The lowest BCUT2D eigenvalue weighted by molar-refractivity contribution is 0.951. The SMILES string of the molecule is CCCNc1cc(CC)nc(-c2ccc(SCC)cc2)n1. The molecule has 1 aromatic carbocycles. The van der Waals surface area contributed by atoms with Crippen molar-refractivity contribution < 1.29 is 0 Å². The maximum Gasteiger partial charge on any atom is 0.161 e. The predicted octanol–water partition coefficient (Wildman–Crippen LogP) is 4.64. The maximum absolute atomic E-state index is 4.65. The van der Waals surface area contributed by atoms with Crippen molar-refractivity contribution in [2.45, 2.75) is 38.5 Å². The smallest absolute Gasteiger partial charge is 0.161 e. The summed E-state index contributed by atoms with van der Waals surface area (Å²) in [4.78, 5) is 10.6. The van der Waals surface area contributed by atoms with E-state index in [0.717, 1.165) is 48.0 Å². The van der Waals surface area contributed by atoms with Gasteiger partial charge in [0.1, 0.15) is 5.82 Å². The van der Waals surface area contributed by atoms with Crippen molar-refractivity contribution in [2.24, 2.45) is 0 Å². The average molecular weight is 301 g/mol. The molecule has 0 aliphatic heterocycles. The predicted molar refractivity (Wildman–Crippen MR) is 92.0 cm³/mol. The van der Waals surface area contributed by atoms with Crippen LogP contribution in [-0.4, -0.2) is 22.3 Å². The number of aromatic nitrogens is 2. The van der Waals surface area contributed by atoms with Crippen LogP contribution in [0.25, 0.3) is 11.4 Å². The van der Waals surface area contributed by atoms with Crippen molar-refractivity contribution in [3.8, 4) is 11.4 Å². The van der Waals surface area contributed by atoms with Crippen molar-refractivity contribution in [3.63, 3.8) is 0 Å². The van der Waals surface area contributed by atoms with Crippen LogP contribution in [0.1, 0.15) is 32.9 Å². The molecular formula is C17H23N3S. The fraction of sp³-hybridized carbons (Fsp3) is 0.412. The highest BCUT2D eigenvalue weighted by molar-refractivity contribution is 7.99. The van der Waals surface area contributed by atoms with E-state index in [1.807, 2.05) is 17.8 Å². The van der Waals surface area contributed by atoms with E-state index in [4.69, 9.17) is 0 Å². The van der Waals surface area contributed by atoms with Crippen LogP contribution in [0.3, 0.4) is 0 Å². The summed E-state index contributed by atoms with van der Waals surface area (Å²) in [7, 11) is 0. The summed E-state index contributed by atoms with van der Waals surface area (Å²) in [5.74, 6) is 2.82. The van der Waals surface area contributed by atoms with E-state index in [-0.39, 0.29) is 0 Å². The molecule has 0 amide bonds. The lowest BCUT2D eigenvalue weighted by Gasteiger charge is -2.09. The Balaban J connectivity index is 2.28. The van der Waals surface area contributed by atoms with Crippen LogP contribution in [0, 0.1) is 0 Å². The van der Waals surface area contributed by atoms with Gasteiger partial charge < -0.3 is 5.32 Å². The van der Waals surface area contributed by atoms with Gasteiger partial charge in [0.2, 0.25) is 0 Å². The third-order valence-corrected chi connectivity index (χ3v) is 4.02. The van der Waals surface area contributed by atoms with Crippen molar-refractivity contribution in [1.82, 2.24) is 9.97 Å². The van der Waals surface area contributed by atoms with Crippen molar-refractivity contribution >= 4 is 17.6 Å². The van der Waals surface area contributed by atoms with Crippen LogP contribution in [0.4, 0.5) is 5.82 Å². The van der Waals surface area contributed by atoms with Crippen LogP contribution >= 0.6 is 11.8 Å². The Morgan fingerprint density at radius 1 is 1.05 bits per heavy atom. The third-order valence-electron chi connectivity index (χ3n) is 3.12. The number of aryl methyl sites for hydroxylation is 1. The van der Waals surface area contributed by atoms with Crippen LogP contribution in [0.15, 0.2) is 35.2 Å². The standard InChI is InChI=1S/C17H23N3S/c1-4-11-18-16-12-14(5-2)19-17(20-16)13-7-9-15(10-8-13)21-6-3/h7-10,12H,4-6,11H2,1-3H3,(H,18,19,20). The Hall–Kier alpha value is -1.55. The summed E-state index contributed by atoms with van der Waals surface area (Å²) in [6.07, 6.45) is 2.00. The summed E-state index contributed by atoms with van der Waals surface area (Å²) in [5, 5.41) is 3.36. The van der Waals surface area contributed by atoms with E-state index in [0.29, 0.717) is 0 Å². The summed E-state index contributed by atoms with van der Waals surface area (Å²) in [6, 6.07) is 10.5. The normalized spacial score (nSPS) is 10.6. The third kappa shape index (κ3) is 4.46. The van der Waals surface area contributed by atoms with Crippen LogP contribution in [0.2, 0.25) is 0 Å². The van der Waals surface area contributed by atoms with Gasteiger partial charge in [0.15, 0.2) is 5.82 Å². The molecule has 1 aromatic heterocycles. The minimum absolute atomic E-state index is 0.806. The van der Waals surface area contributed by atoms with Crippen molar-refractivity contribution in [2.75, 3.05) is 17.6 Å². The molecule has 112 valence electrons. The van der Waals surface area contributed by atoms with Crippen LogP contribution < -0.4 is 5.32 Å². The molecule has 4 heteroatoms. The molecule has 3 nitrogen and oxygen atoms in total. The fourth-order valence-corrected chi connectivity index (χ4v) is 2.68. The molecule has 0 spiro atoms.